The predicted molar refractivity (Wildman–Crippen MR) is 77.9 cm³/mol. The lowest BCUT2D eigenvalue weighted by molar-refractivity contribution is 0.601. The molecule has 0 unspecified atom stereocenters. The maximum Gasteiger partial charge on any atom is 0.264 e. The van der Waals surface area contributed by atoms with Crippen LogP contribution >= 0.6 is 22.9 Å². The minimum atomic E-state index is -3.71. The molecule has 3 aromatic rings. The highest BCUT2D eigenvalue weighted by Gasteiger charge is 2.17. The maximum atomic E-state index is 12.2. The number of nitrogens with zero attached hydrogens (tertiary/aromatic N) is 3. The van der Waals surface area contributed by atoms with E-state index in [1.807, 2.05) is 12.3 Å². The van der Waals surface area contributed by atoms with Gasteiger partial charge < -0.3 is 0 Å². The molecule has 0 radical (unpaired) electrons. The van der Waals surface area contributed by atoms with Crippen LogP contribution in [0.15, 0.2) is 34.5 Å². The highest BCUT2D eigenvalue weighted by Crippen LogP contribution is 2.19. The summed E-state index contributed by atoms with van der Waals surface area (Å²) in [7, 11) is -3.71. The molecule has 0 aliphatic rings. The first-order valence-corrected chi connectivity index (χ1v) is 8.29. The van der Waals surface area contributed by atoms with Gasteiger partial charge in [-0.3, -0.25) is 0 Å². The third kappa shape index (κ3) is 2.37. The van der Waals surface area contributed by atoms with E-state index in [1.165, 1.54) is 35.6 Å². The first kappa shape index (κ1) is 13.3. The normalized spacial score (nSPS) is 11.9. The van der Waals surface area contributed by atoms with Crippen LogP contribution in [0.4, 0.5) is 5.95 Å². The highest BCUT2D eigenvalue weighted by atomic mass is 35.5. The van der Waals surface area contributed by atoms with Crippen molar-refractivity contribution in [2.75, 3.05) is 4.72 Å². The molecule has 0 aliphatic carbocycles. The molecular weight excluding hydrogens is 320 g/mol. The first-order valence-electron chi connectivity index (χ1n) is 5.55. The molecule has 104 valence electrons. The number of aryl methyl sites for hydroxylation is 1. The van der Waals surface area contributed by atoms with Gasteiger partial charge in [0.1, 0.15) is 0 Å². The Labute approximate surface area is 124 Å². The minimum absolute atomic E-state index is 0.0508. The molecular formula is C11H9ClN4O2S2. The monoisotopic (exact) mass is 328 g/mol. The molecule has 0 saturated carbocycles. The Morgan fingerprint density at radius 2 is 2.00 bits per heavy atom. The smallest absolute Gasteiger partial charge is 0.246 e. The summed E-state index contributed by atoms with van der Waals surface area (Å²) < 4.78 is 28.3. The Morgan fingerprint density at radius 3 is 2.65 bits per heavy atom. The summed E-state index contributed by atoms with van der Waals surface area (Å²) in [6.45, 7) is 1.87. The summed E-state index contributed by atoms with van der Waals surface area (Å²) in [5.41, 5.74) is 0.898. The van der Waals surface area contributed by atoms with E-state index in [0.717, 1.165) is 5.69 Å². The molecule has 2 aromatic heterocycles. The molecule has 1 N–H and O–H groups in total. The van der Waals surface area contributed by atoms with Gasteiger partial charge in [-0.05, 0) is 31.2 Å². The molecule has 3 rings (SSSR count). The number of sulfonamides is 1. The van der Waals surface area contributed by atoms with Crippen LogP contribution in [-0.4, -0.2) is 23.0 Å². The molecule has 6 nitrogen and oxygen atoms in total. The molecule has 0 bridgehead atoms. The highest BCUT2D eigenvalue weighted by molar-refractivity contribution is 7.92. The Balaban J connectivity index is 1.94. The third-order valence-corrected chi connectivity index (χ3v) is 5.13. The van der Waals surface area contributed by atoms with Crippen LogP contribution in [0.25, 0.3) is 4.96 Å². The second kappa shape index (κ2) is 4.72. The number of fused-ring (bicyclic) bond motifs is 1. The van der Waals surface area contributed by atoms with Crippen LogP contribution in [0.2, 0.25) is 5.02 Å². The van der Waals surface area contributed by atoms with Crippen molar-refractivity contribution >= 4 is 43.9 Å². The second-order valence-electron chi connectivity index (χ2n) is 4.07. The maximum absolute atomic E-state index is 12.2. The van der Waals surface area contributed by atoms with Crippen molar-refractivity contribution in [3.8, 4) is 0 Å². The zero-order chi connectivity index (χ0) is 14.3. The number of anilines is 1. The molecule has 1 aromatic carbocycles. The van der Waals surface area contributed by atoms with Crippen LogP contribution in [0, 0.1) is 6.92 Å². The summed E-state index contributed by atoms with van der Waals surface area (Å²) in [4.78, 5) is 4.86. The standard InChI is InChI=1S/C11H9ClN4O2S2/c1-7-6-19-11-13-10(14-16(7)11)15-20(17,18)9-4-2-8(12)3-5-9/h2-6H,1H3,(H,14,15). The van der Waals surface area contributed by atoms with Crippen LogP contribution in [-0.2, 0) is 10.0 Å². The van der Waals surface area contributed by atoms with Crippen molar-refractivity contribution in [1.29, 1.82) is 0 Å². The number of hydrogen-bond donors (Lipinski definition) is 1. The van der Waals surface area contributed by atoms with Crippen molar-refractivity contribution in [3.05, 3.63) is 40.4 Å². The van der Waals surface area contributed by atoms with Gasteiger partial charge in [-0.15, -0.1) is 16.4 Å². The van der Waals surface area contributed by atoms with Gasteiger partial charge in [-0.25, -0.2) is 17.7 Å². The second-order valence-corrected chi connectivity index (χ2v) is 7.02. The Kier molecular flexibility index (Phi) is 3.15. The van der Waals surface area contributed by atoms with Crippen molar-refractivity contribution < 1.29 is 8.42 Å². The number of nitrogens with one attached hydrogen (secondary N) is 1. The fourth-order valence-electron chi connectivity index (χ4n) is 1.63. The molecule has 0 spiro atoms. The van der Waals surface area contributed by atoms with Gasteiger partial charge in [-0.2, -0.15) is 4.98 Å². The first-order chi connectivity index (χ1) is 9.45. The fraction of sp³-hybridized carbons (Fsp3) is 0.0909. The van der Waals surface area contributed by atoms with Gasteiger partial charge in [-0.1, -0.05) is 11.6 Å². The SMILES string of the molecule is Cc1csc2nc(NS(=O)(=O)c3ccc(Cl)cc3)nn12. The van der Waals surface area contributed by atoms with Crippen molar-refractivity contribution in [2.45, 2.75) is 11.8 Å². The minimum Gasteiger partial charge on any atom is -0.246 e. The van der Waals surface area contributed by atoms with Gasteiger partial charge in [0.05, 0.1) is 10.6 Å². The lowest BCUT2D eigenvalue weighted by Crippen LogP contribution is -2.14. The van der Waals surface area contributed by atoms with Gasteiger partial charge >= 0.3 is 0 Å². The fourth-order valence-corrected chi connectivity index (χ4v) is 3.49. The Hall–Kier alpha value is -1.64. The molecule has 0 saturated heterocycles. The summed E-state index contributed by atoms with van der Waals surface area (Å²) in [6, 6.07) is 5.88. The quantitative estimate of drug-likeness (QED) is 0.801. The van der Waals surface area contributed by atoms with Crippen LogP contribution in [0.3, 0.4) is 0 Å². The third-order valence-electron chi connectivity index (χ3n) is 2.60. The van der Waals surface area contributed by atoms with E-state index in [-0.39, 0.29) is 10.8 Å². The zero-order valence-electron chi connectivity index (χ0n) is 10.2. The van der Waals surface area contributed by atoms with Gasteiger partial charge in [0.25, 0.3) is 16.0 Å². The molecule has 0 amide bonds. The van der Waals surface area contributed by atoms with E-state index in [0.29, 0.717) is 9.98 Å². The van der Waals surface area contributed by atoms with Crippen LogP contribution in [0.5, 0.6) is 0 Å². The largest absolute Gasteiger partial charge is 0.264 e. The molecule has 0 fully saturated rings. The number of halogens is 1. The summed E-state index contributed by atoms with van der Waals surface area (Å²) in [6.07, 6.45) is 0. The van der Waals surface area contributed by atoms with Crippen molar-refractivity contribution in [3.63, 3.8) is 0 Å². The molecule has 9 heteroatoms. The van der Waals surface area contributed by atoms with Gasteiger partial charge in [0.15, 0.2) is 0 Å². The Morgan fingerprint density at radius 1 is 1.30 bits per heavy atom. The van der Waals surface area contributed by atoms with E-state index < -0.39 is 10.0 Å². The van der Waals surface area contributed by atoms with Crippen molar-refractivity contribution in [2.24, 2.45) is 0 Å². The predicted octanol–water partition coefficient (Wildman–Crippen LogP) is 2.55. The Bertz CT molecular complexity index is 868. The summed E-state index contributed by atoms with van der Waals surface area (Å²) in [5, 5.41) is 6.47. The summed E-state index contributed by atoms with van der Waals surface area (Å²) in [5.74, 6) is 0.0508. The zero-order valence-corrected chi connectivity index (χ0v) is 12.6. The van der Waals surface area contributed by atoms with E-state index in [9.17, 15) is 8.42 Å². The number of thiazole rings is 1. The number of hydrogen-bond acceptors (Lipinski definition) is 5. The lowest BCUT2D eigenvalue weighted by Gasteiger charge is -2.04. The molecule has 20 heavy (non-hydrogen) atoms. The number of aromatic nitrogens is 3. The average Bonchev–Trinajstić information content (AvgIpc) is 2.92. The average molecular weight is 329 g/mol. The van der Waals surface area contributed by atoms with Gasteiger partial charge in [0, 0.05) is 10.4 Å². The topological polar surface area (TPSA) is 76.4 Å². The lowest BCUT2D eigenvalue weighted by atomic mass is 10.4. The van der Waals surface area contributed by atoms with Crippen LogP contribution in [0.1, 0.15) is 5.69 Å². The van der Waals surface area contributed by atoms with E-state index >= 15 is 0 Å². The van der Waals surface area contributed by atoms with Crippen LogP contribution < -0.4 is 4.72 Å². The van der Waals surface area contributed by atoms with E-state index in [4.69, 9.17) is 11.6 Å². The molecule has 2 heterocycles. The molecule has 0 aliphatic heterocycles. The van der Waals surface area contributed by atoms with Gasteiger partial charge in [0.2, 0.25) is 4.96 Å². The molecule has 0 atom stereocenters. The van der Waals surface area contributed by atoms with Crippen molar-refractivity contribution in [1.82, 2.24) is 14.6 Å². The number of rotatable bonds is 3. The summed E-state index contributed by atoms with van der Waals surface area (Å²) >= 11 is 7.13. The number of benzene rings is 1. The van der Waals surface area contributed by atoms with E-state index in [1.54, 1.807) is 4.52 Å². The van der Waals surface area contributed by atoms with E-state index in [2.05, 4.69) is 14.8 Å².